The maximum Gasteiger partial charge on any atom is 0.151 e. The van der Waals surface area contributed by atoms with Crippen LogP contribution >= 0.6 is 0 Å². The van der Waals surface area contributed by atoms with Crippen LogP contribution in [0.5, 0.6) is 5.75 Å². The van der Waals surface area contributed by atoms with E-state index in [2.05, 4.69) is 5.18 Å². The van der Waals surface area contributed by atoms with Gasteiger partial charge in [0.2, 0.25) is 0 Å². The first-order chi connectivity index (χ1) is 8.74. The van der Waals surface area contributed by atoms with E-state index in [1.165, 1.54) is 12.5 Å². The second-order valence-corrected chi connectivity index (χ2v) is 4.56. The summed E-state index contributed by atoms with van der Waals surface area (Å²) < 4.78 is 5.81. The number of nitrogen functional groups attached to an aromatic ring is 1. The highest BCUT2D eigenvalue weighted by Crippen LogP contribution is 2.34. The van der Waals surface area contributed by atoms with Gasteiger partial charge in [0.25, 0.3) is 0 Å². The Labute approximate surface area is 106 Å². The number of nitroso groups, excluding NO2 is 1. The third-order valence-electron chi connectivity index (χ3n) is 3.26. The van der Waals surface area contributed by atoms with Gasteiger partial charge in [0.15, 0.2) is 11.4 Å². The van der Waals surface area contributed by atoms with E-state index < -0.39 is 0 Å². The lowest BCUT2D eigenvalue weighted by Crippen LogP contribution is -2.19. The molecule has 0 aromatic heterocycles. The fourth-order valence-corrected chi connectivity index (χ4v) is 2.25. The minimum atomic E-state index is 0.143. The van der Waals surface area contributed by atoms with Crippen LogP contribution in [0, 0.1) is 10.3 Å². The van der Waals surface area contributed by atoms with Gasteiger partial charge >= 0.3 is 0 Å². The third-order valence-corrected chi connectivity index (χ3v) is 3.26. The molecular formula is C13H17N3O2. The summed E-state index contributed by atoms with van der Waals surface area (Å²) >= 11 is 0. The topological polar surface area (TPSA) is 88.5 Å². The van der Waals surface area contributed by atoms with Crippen LogP contribution in [0.25, 0.3) is 0 Å². The zero-order valence-electron chi connectivity index (χ0n) is 10.2. The highest BCUT2D eigenvalue weighted by molar-refractivity contribution is 5.87. The van der Waals surface area contributed by atoms with Gasteiger partial charge in [-0.05, 0) is 36.9 Å². The predicted molar refractivity (Wildman–Crippen MR) is 71.7 cm³/mol. The summed E-state index contributed by atoms with van der Waals surface area (Å²) in [5, 5.41) is 10.1. The molecule has 1 aromatic rings. The maximum absolute atomic E-state index is 10.8. The van der Waals surface area contributed by atoms with Gasteiger partial charge in [-0.1, -0.05) is 6.42 Å². The summed E-state index contributed by atoms with van der Waals surface area (Å²) in [5.41, 5.74) is 6.92. The number of hydrogen-bond donors (Lipinski definition) is 2. The SMILES string of the molecule is N=Cc1cc(N=O)c(OC2CCCCC2)cc1N. The molecule has 0 aliphatic heterocycles. The van der Waals surface area contributed by atoms with Gasteiger partial charge in [-0.25, -0.2) is 0 Å². The van der Waals surface area contributed by atoms with E-state index in [1.807, 2.05) is 0 Å². The van der Waals surface area contributed by atoms with Crippen molar-refractivity contribution in [2.75, 3.05) is 5.73 Å². The first-order valence-electron chi connectivity index (χ1n) is 6.18. The van der Waals surface area contributed by atoms with Crippen molar-refractivity contribution in [3.63, 3.8) is 0 Å². The van der Waals surface area contributed by atoms with Crippen molar-refractivity contribution in [3.8, 4) is 5.75 Å². The highest BCUT2D eigenvalue weighted by atomic mass is 16.5. The Morgan fingerprint density at radius 3 is 2.67 bits per heavy atom. The molecule has 0 unspecified atom stereocenters. The number of nitrogens with zero attached hydrogens (tertiary/aromatic N) is 1. The Bertz CT molecular complexity index is 454. The minimum absolute atomic E-state index is 0.143. The average molecular weight is 247 g/mol. The molecule has 0 saturated heterocycles. The number of benzene rings is 1. The van der Waals surface area contributed by atoms with E-state index in [0.717, 1.165) is 31.9 Å². The number of nitrogens with two attached hydrogens (primary N) is 1. The maximum atomic E-state index is 10.8. The van der Waals surface area contributed by atoms with E-state index in [9.17, 15) is 4.91 Å². The van der Waals surface area contributed by atoms with Gasteiger partial charge < -0.3 is 15.9 Å². The molecule has 1 aromatic carbocycles. The number of nitrogens with one attached hydrogen (secondary N) is 1. The van der Waals surface area contributed by atoms with Crippen molar-refractivity contribution in [3.05, 3.63) is 22.6 Å². The van der Waals surface area contributed by atoms with E-state index in [1.54, 1.807) is 6.07 Å². The molecule has 5 nitrogen and oxygen atoms in total. The molecule has 96 valence electrons. The molecule has 0 amide bonds. The van der Waals surface area contributed by atoms with Crippen LogP contribution in [0.1, 0.15) is 37.7 Å². The summed E-state index contributed by atoms with van der Waals surface area (Å²) in [4.78, 5) is 10.8. The van der Waals surface area contributed by atoms with E-state index in [4.69, 9.17) is 15.9 Å². The van der Waals surface area contributed by atoms with Gasteiger partial charge in [0.1, 0.15) is 0 Å². The van der Waals surface area contributed by atoms with Gasteiger partial charge in [0.05, 0.1) is 6.10 Å². The van der Waals surface area contributed by atoms with Crippen molar-refractivity contribution in [2.45, 2.75) is 38.2 Å². The molecule has 18 heavy (non-hydrogen) atoms. The van der Waals surface area contributed by atoms with Crippen LogP contribution in [0.2, 0.25) is 0 Å². The Morgan fingerprint density at radius 2 is 2.06 bits per heavy atom. The van der Waals surface area contributed by atoms with E-state index >= 15 is 0 Å². The van der Waals surface area contributed by atoms with Crippen LogP contribution in [0.15, 0.2) is 17.3 Å². The first kappa shape index (κ1) is 12.5. The fraction of sp³-hybridized carbons (Fsp3) is 0.462. The van der Waals surface area contributed by atoms with Gasteiger partial charge in [0, 0.05) is 23.5 Å². The molecule has 2 rings (SSSR count). The second-order valence-electron chi connectivity index (χ2n) is 4.56. The fourth-order valence-electron chi connectivity index (χ4n) is 2.25. The largest absolute Gasteiger partial charge is 0.488 e. The van der Waals surface area contributed by atoms with Crippen LogP contribution < -0.4 is 10.5 Å². The molecule has 1 aliphatic carbocycles. The minimum Gasteiger partial charge on any atom is -0.488 e. The highest BCUT2D eigenvalue weighted by Gasteiger charge is 2.17. The monoisotopic (exact) mass is 247 g/mol. The average Bonchev–Trinajstić information content (AvgIpc) is 2.40. The predicted octanol–water partition coefficient (Wildman–Crippen LogP) is 3.38. The number of hydrogen-bond acceptors (Lipinski definition) is 5. The molecule has 0 atom stereocenters. The third kappa shape index (κ3) is 2.67. The van der Waals surface area contributed by atoms with Crippen molar-refractivity contribution in [2.24, 2.45) is 5.18 Å². The molecule has 1 aliphatic rings. The summed E-state index contributed by atoms with van der Waals surface area (Å²) in [7, 11) is 0. The van der Waals surface area contributed by atoms with Gasteiger partial charge in [-0.2, -0.15) is 0 Å². The lowest BCUT2D eigenvalue weighted by Gasteiger charge is -2.23. The number of anilines is 1. The molecule has 1 fully saturated rings. The summed E-state index contributed by atoms with van der Waals surface area (Å²) in [6.07, 6.45) is 6.81. The first-order valence-corrected chi connectivity index (χ1v) is 6.18. The second kappa shape index (κ2) is 5.62. The molecule has 0 radical (unpaired) electrons. The molecule has 1 saturated carbocycles. The zero-order valence-corrected chi connectivity index (χ0v) is 10.2. The molecule has 0 heterocycles. The smallest absolute Gasteiger partial charge is 0.151 e. The van der Waals surface area contributed by atoms with Crippen LogP contribution in [0.4, 0.5) is 11.4 Å². The number of ether oxygens (including phenoxy) is 1. The van der Waals surface area contributed by atoms with Crippen LogP contribution in [-0.4, -0.2) is 12.3 Å². The zero-order chi connectivity index (χ0) is 13.0. The Kier molecular flexibility index (Phi) is 3.92. The number of rotatable bonds is 4. The van der Waals surface area contributed by atoms with Crippen molar-refractivity contribution in [1.29, 1.82) is 5.41 Å². The van der Waals surface area contributed by atoms with Crippen molar-refractivity contribution < 1.29 is 4.74 Å². The summed E-state index contributed by atoms with van der Waals surface area (Å²) in [5.74, 6) is 0.431. The Balaban J connectivity index is 2.22. The Morgan fingerprint density at radius 1 is 1.33 bits per heavy atom. The lowest BCUT2D eigenvalue weighted by molar-refractivity contribution is 0.156. The van der Waals surface area contributed by atoms with Crippen molar-refractivity contribution in [1.82, 2.24) is 0 Å². The van der Waals surface area contributed by atoms with Gasteiger partial charge in [-0.15, -0.1) is 4.91 Å². The molecule has 0 bridgehead atoms. The normalized spacial score (nSPS) is 16.2. The van der Waals surface area contributed by atoms with E-state index in [0.29, 0.717) is 17.0 Å². The van der Waals surface area contributed by atoms with E-state index in [-0.39, 0.29) is 11.8 Å². The standard InChI is InChI=1S/C13H17N3O2/c14-8-9-6-12(16-17)13(7-11(9)15)18-10-4-2-1-3-5-10/h6-8,10,14H,1-5,15H2. The quantitative estimate of drug-likeness (QED) is 0.485. The van der Waals surface area contributed by atoms with Crippen LogP contribution in [-0.2, 0) is 0 Å². The molecule has 0 spiro atoms. The molecule has 3 N–H and O–H groups in total. The van der Waals surface area contributed by atoms with Gasteiger partial charge in [-0.3, -0.25) is 0 Å². The molecular weight excluding hydrogens is 230 g/mol. The van der Waals surface area contributed by atoms with Crippen LogP contribution in [0.3, 0.4) is 0 Å². The summed E-state index contributed by atoms with van der Waals surface area (Å²) in [6.45, 7) is 0. The Hall–Kier alpha value is -1.91. The lowest BCUT2D eigenvalue weighted by atomic mass is 9.98. The summed E-state index contributed by atoms with van der Waals surface area (Å²) in [6, 6.07) is 3.08. The van der Waals surface area contributed by atoms with Crippen molar-refractivity contribution >= 4 is 17.6 Å². The molecule has 5 heteroatoms.